The number of amides is 2. The highest BCUT2D eigenvalue weighted by Gasteiger charge is 2.51. The number of thioether (sulfide) groups is 1. The van der Waals surface area contributed by atoms with Crippen LogP contribution >= 0.6 is 11.8 Å². The molecule has 0 spiro atoms. The fourth-order valence-corrected chi connectivity index (χ4v) is 5.45. The molecule has 2 aromatic carbocycles. The van der Waals surface area contributed by atoms with Crippen LogP contribution in [0.15, 0.2) is 65.4 Å². The molecule has 3 heterocycles. The first-order chi connectivity index (χ1) is 14.5. The molecule has 3 aliphatic heterocycles. The van der Waals surface area contributed by atoms with Crippen LogP contribution in [0.1, 0.15) is 6.42 Å². The van der Waals surface area contributed by atoms with E-state index in [0.717, 1.165) is 16.5 Å². The first-order valence-corrected chi connectivity index (χ1v) is 10.7. The van der Waals surface area contributed by atoms with Crippen LogP contribution in [0.5, 0.6) is 0 Å². The van der Waals surface area contributed by atoms with Crippen LogP contribution in [-0.2, 0) is 14.4 Å². The summed E-state index contributed by atoms with van der Waals surface area (Å²) in [5.74, 6) is -1.31. The molecule has 7 nitrogen and oxygen atoms in total. The molecule has 3 N–H and O–H groups in total. The molecule has 2 atom stereocenters. The molecule has 0 radical (unpaired) electrons. The summed E-state index contributed by atoms with van der Waals surface area (Å²) in [6.07, 6.45) is 2.16. The number of nitrogens with two attached hydrogens (primary N) is 1. The molecular formula is C22H19N3O4S. The van der Waals surface area contributed by atoms with E-state index in [0.29, 0.717) is 29.9 Å². The number of β-lactam (4-membered cyclic amide) rings is 1. The Morgan fingerprint density at radius 1 is 1.17 bits per heavy atom. The van der Waals surface area contributed by atoms with Gasteiger partial charge in [0.05, 0.1) is 0 Å². The molecule has 2 aromatic rings. The van der Waals surface area contributed by atoms with Gasteiger partial charge < -0.3 is 15.7 Å². The number of fused-ring (bicyclic) bond motifs is 2. The van der Waals surface area contributed by atoms with Crippen molar-refractivity contribution in [2.45, 2.75) is 17.8 Å². The van der Waals surface area contributed by atoms with E-state index >= 15 is 0 Å². The second kappa shape index (κ2) is 7.00. The third kappa shape index (κ3) is 2.83. The normalized spacial score (nSPS) is 25.2. The highest BCUT2D eigenvalue weighted by Crippen LogP contribution is 2.40. The van der Waals surface area contributed by atoms with Gasteiger partial charge in [0.15, 0.2) is 0 Å². The molecule has 8 heteroatoms. The molecule has 0 saturated carbocycles. The SMILES string of the molecule is N[C@@H]1C(=O)N2C(C(=O)O)=C(C=C3CCN(c4ccc5ccccc5c4)C3=O)CS[C@H]12. The van der Waals surface area contributed by atoms with Crippen LogP contribution in [0.2, 0.25) is 0 Å². The predicted octanol–water partition coefficient (Wildman–Crippen LogP) is 2.08. The van der Waals surface area contributed by atoms with Crippen molar-refractivity contribution in [3.8, 4) is 0 Å². The minimum atomic E-state index is -1.18. The lowest BCUT2D eigenvalue weighted by Crippen LogP contribution is -2.68. The monoisotopic (exact) mass is 421 g/mol. The van der Waals surface area contributed by atoms with Gasteiger partial charge in [-0.05, 0) is 41.0 Å². The number of anilines is 1. The van der Waals surface area contributed by atoms with Crippen molar-refractivity contribution >= 4 is 46.0 Å². The number of hydrogen-bond acceptors (Lipinski definition) is 5. The van der Waals surface area contributed by atoms with Gasteiger partial charge in [0.25, 0.3) is 5.91 Å². The zero-order valence-electron chi connectivity index (χ0n) is 15.9. The summed E-state index contributed by atoms with van der Waals surface area (Å²) in [5.41, 5.74) is 7.57. The van der Waals surface area contributed by atoms with Crippen molar-refractivity contribution in [1.82, 2.24) is 4.90 Å². The fraction of sp³-hybridized carbons (Fsp3) is 0.227. The van der Waals surface area contributed by atoms with E-state index < -0.39 is 17.9 Å². The molecule has 0 unspecified atom stereocenters. The van der Waals surface area contributed by atoms with Gasteiger partial charge in [-0.15, -0.1) is 11.8 Å². The summed E-state index contributed by atoms with van der Waals surface area (Å²) in [6, 6.07) is 13.2. The number of carboxylic acids is 1. The van der Waals surface area contributed by atoms with Crippen molar-refractivity contribution in [3.05, 3.63) is 65.4 Å². The number of hydrogen-bond donors (Lipinski definition) is 2. The fourth-order valence-electron chi connectivity index (χ4n) is 4.20. The summed E-state index contributed by atoms with van der Waals surface area (Å²) in [5, 5.41) is 11.5. The highest BCUT2D eigenvalue weighted by atomic mass is 32.2. The number of benzene rings is 2. The van der Waals surface area contributed by atoms with E-state index in [1.165, 1.54) is 16.7 Å². The van der Waals surface area contributed by atoms with Crippen molar-refractivity contribution in [1.29, 1.82) is 0 Å². The zero-order valence-corrected chi connectivity index (χ0v) is 16.8. The second-order valence-electron chi connectivity index (χ2n) is 7.52. The lowest BCUT2D eigenvalue weighted by Gasteiger charge is -2.47. The maximum atomic E-state index is 13.0. The lowest BCUT2D eigenvalue weighted by molar-refractivity contribution is -0.147. The molecule has 0 aliphatic carbocycles. The molecule has 0 aromatic heterocycles. The minimum Gasteiger partial charge on any atom is -0.477 e. The Hall–Kier alpha value is -3.10. The summed E-state index contributed by atoms with van der Waals surface area (Å²) >= 11 is 1.43. The maximum Gasteiger partial charge on any atom is 0.352 e. The number of carboxylic acid groups (broad SMARTS) is 1. The second-order valence-corrected chi connectivity index (χ2v) is 8.63. The van der Waals surface area contributed by atoms with Crippen LogP contribution in [-0.4, -0.2) is 51.5 Å². The van der Waals surface area contributed by atoms with Crippen molar-refractivity contribution in [2.24, 2.45) is 5.73 Å². The molecule has 2 amide bonds. The molecule has 2 fully saturated rings. The Kier molecular flexibility index (Phi) is 4.41. The Morgan fingerprint density at radius 2 is 1.93 bits per heavy atom. The van der Waals surface area contributed by atoms with Crippen LogP contribution < -0.4 is 10.6 Å². The quantitative estimate of drug-likeness (QED) is 0.581. The summed E-state index contributed by atoms with van der Waals surface area (Å²) < 4.78 is 0. The van der Waals surface area contributed by atoms with Crippen LogP contribution in [0.4, 0.5) is 5.69 Å². The lowest BCUT2D eigenvalue weighted by atomic mass is 10.0. The largest absolute Gasteiger partial charge is 0.477 e. The van der Waals surface area contributed by atoms with E-state index in [1.807, 2.05) is 42.5 Å². The maximum absolute atomic E-state index is 13.0. The van der Waals surface area contributed by atoms with Gasteiger partial charge in [0, 0.05) is 23.6 Å². The van der Waals surface area contributed by atoms with Crippen LogP contribution in [0.25, 0.3) is 10.8 Å². The predicted molar refractivity (Wildman–Crippen MR) is 115 cm³/mol. The first-order valence-electron chi connectivity index (χ1n) is 9.63. The van der Waals surface area contributed by atoms with E-state index in [9.17, 15) is 19.5 Å². The Labute approximate surface area is 176 Å². The van der Waals surface area contributed by atoms with Gasteiger partial charge in [-0.25, -0.2) is 4.79 Å². The van der Waals surface area contributed by atoms with Gasteiger partial charge in [-0.1, -0.05) is 30.3 Å². The third-order valence-corrected chi connectivity index (χ3v) is 7.08. The minimum absolute atomic E-state index is 0.0603. The van der Waals surface area contributed by atoms with Crippen molar-refractivity contribution in [3.63, 3.8) is 0 Å². The molecule has 2 saturated heterocycles. The summed E-state index contributed by atoms with van der Waals surface area (Å²) in [6.45, 7) is 0.530. The average molecular weight is 421 g/mol. The number of aliphatic carboxylic acids is 1. The highest BCUT2D eigenvalue weighted by molar-refractivity contribution is 8.00. The number of rotatable bonds is 3. The molecule has 5 rings (SSSR count). The average Bonchev–Trinajstić information content (AvgIpc) is 3.12. The van der Waals surface area contributed by atoms with Crippen molar-refractivity contribution < 1.29 is 19.5 Å². The van der Waals surface area contributed by atoms with Gasteiger partial charge >= 0.3 is 5.97 Å². The standard InChI is InChI=1S/C22H19N3O4S/c23-17-20(27)25-18(22(28)29)15(11-30-21(17)25)9-14-7-8-24(19(14)26)16-6-5-12-3-1-2-4-13(12)10-16/h1-6,9-10,17,21H,7-8,11,23H2,(H,28,29)/t17-,21-/m1/s1. The topological polar surface area (TPSA) is 104 Å². The number of carbonyl (C=O) groups is 3. The summed E-state index contributed by atoms with van der Waals surface area (Å²) in [4.78, 5) is 39.9. The van der Waals surface area contributed by atoms with Gasteiger partial charge in [-0.3, -0.25) is 14.5 Å². The van der Waals surface area contributed by atoms with E-state index in [2.05, 4.69) is 0 Å². The van der Waals surface area contributed by atoms with Crippen LogP contribution in [0.3, 0.4) is 0 Å². The van der Waals surface area contributed by atoms with Gasteiger partial charge in [-0.2, -0.15) is 0 Å². The van der Waals surface area contributed by atoms with E-state index in [1.54, 1.807) is 11.0 Å². The zero-order chi connectivity index (χ0) is 21.0. The van der Waals surface area contributed by atoms with Gasteiger partial charge in [0.1, 0.15) is 17.1 Å². The Balaban J connectivity index is 1.46. The molecule has 3 aliphatic rings. The third-order valence-electron chi connectivity index (χ3n) is 5.76. The van der Waals surface area contributed by atoms with E-state index in [4.69, 9.17) is 5.73 Å². The number of allylic oxidation sites excluding steroid dienone is 1. The molecular weight excluding hydrogens is 402 g/mol. The summed E-state index contributed by atoms with van der Waals surface area (Å²) in [7, 11) is 0. The molecule has 0 bridgehead atoms. The van der Waals surface area contributed by atoms with Crippen molar-refractivity contribution in [2.75, 3.05) is 17.2 Å². The molecule has 30 heavy (non-hydrogen) atoms. The Morgan fingerprint density at radius 3 is 2.70 bits per heavy atom. The molecule has 152 valence electrons. The number of carbonyl (C=O) groups excluding carboxylic acids is 2. The Bertz CT molecular complexity index is 1170. The van der Waals surface area contributed by atoms with E-state index in [-0.39, 0.29) is 17.0 Å². The van der Waals surface area contributed by atoms with Crippen LogP contribution in [0, 0.1) is 0 Å². The smallest absolute Gasteiger partial charge is 0.352 e. The first kappa shape index (κ1) is 18.9. The van der Waals surface area contributed by atoms with Gasteiger partial charge in [0.2, 0.25) is 5.91 Å². The number of nitrogens with zero attached hydrogens (tertiary/aromatic N) is 2.